The molecule has 0 bridgehead atoms. The fourth-order valence-corrected chi connectivity index (χ4v) is 2.63. The van der Waals surface area contributed by atoms with E-state index in [4.69, 9.17) is 0 Å². The lowest BCUT2D eigenvalue weighted by atomic mass is 10.1. The number of fused-ring (bicyclic) bond motifs is 1. The molecule has 1 saturated heterocycles. The van der Waals surface area contributed by atoms with Crippen molar-refractivity contribution in [1.82, 2.24) is 10.2 Å². The largest absolute Gasteiger partial charge is 0.390 e. The molecule has 0 radical (unpaired) electrons. The van der Waals surface area contributed by atoms with E-state index in [1.54, 1.807) is 0 Å². The molecule has 1 aromatic carbocycles. The molecule has 2 N–H and O–H groups in total. The van der Waals surface area contributed by atoms with Crippen molar-refractivity contribution >= 4 is 0 Å². The van der Waals surface area contributed by atoms with E-state index in [9.17, 15) is 5.11 Å². The van der Waals surface area contributed by atoms with E-state index in [0.29, 0.717) is 6.04 Å². The number of aliphatic hydroxyl groups excluding tert-OH is 1. The fraction of sp³-hybridized carbons (Fsp3) is 0.538. The summed E-state index contributed by atoms with van der Waals surface area (Å²) in [4.78, 5) is 2.24. The van der Waals surface area contributed by atoms with Crippen LogP contribution in [0.1, 0.15) is 11.1 Å². The van der Waals surface area contributed by atoms with Crippen LogP contribution < -0.4 is 5.32 Å². The average molecular weight is 218 g/mol. The number of hydrogen-bond acceptors (Lipinski definition) is 3. The molecule has 1 aliphatic heterocycles. The number of rotatable bonds is 3. The molecule has 1 aromatic rings. The van der Waals surface area contributed by atoms with Gasteiger partial charge in [-0.2, -0.15) is 0 Å². The van der Waals surface area contributed by atoms with Gasteiger partial charge in [-0.25, -0.2) is 0 Å². The van der Waals surface area contributed by atoms with Crippen molar-refractivity contribution in [3.63, 3.8) is 0 Å². The summed E-state index contributed by atoms with van der Waals surface area (Å²) in [7, 11) is 0. The van der Waals surface area contributed by atoms with Crippen molar-refractivity contribution in [3.8, 4) is 0 Å². The number of nitrogens with zero attached hydrogens (tertiary/aromatic N) is 1. The van der Waals surface area contributed by atoms with Crippen molar-refractivity contribution < 1.29 is 5.11 Å². The Kier molecular flexibility index (Phi) is 2.67. The van der Waals surface area contributed by atoms with Crippen molar-refractivity contribution in [2.75, 3.05) is 19.8 Å². The minimum absolute atomic E-state index is 0.0948. The molecular weight excluding hydrogens is 200 g/mol. The number of likely N-dealkylation sites (tertiary alicyclic amines) is 1. The van der Waals surface area contributed by atoms with E-state index < -0.39 is 0 Å². The molecule has 3 rings (SSSR count). The van der Waals surface area contributed by atoms with Crippen LogP contribution in [0.15, 0.2) is 24.3 Å². The Bertz CT molecular complexity index is 349. The van der Waals surface area contributed by atoms with Crippen molar-refractivity contribution in [2.24, 2.45) is 0 Å². The van der Waals surface area contributed by atoms with Gasteiger partial charge in [0, 0.05) is 25.8 Å². The molecule has 0 spiro atoms. The zero-order valence-electron chi connectivity index (χ0n) is 9.39. The SMILES string of the molecule is OC1CN(CNC2Cc3ccccc3C2)C1. The quantitative estimate of drug-likeness (QED) is 0.770. The van der Waals surface area contributed by atoms with Crippen molar-refractivity contribution in [3.05, 3.63) is 35.4 Å². The lowest BCUT2D eigenvalue weighted by Crippen LogP contribution is -2.55. The summed E-state index contributed by atoms with van der Waals surface area (Å²) in [5.74, 6) is 0. The molecule has 0 unspecified atom stereocenters. The van der Waals surface area contributed by atoms with Crippen LogP contribution in [0.25, 0.3) is 0 Å². The molecule has 3 nitrogen and oxygen atoms in total. The first-order valence-corrected chi connectivity index (χ1v) is 6.02. The zero-order chi connectivity index (χ0) is 11.0. The van der Waals surface area contributed by atoms with Crippen LogP contribution in [-0.2, 0) is 12.8 Å². The molecular formula is C13H18N2O. The van der Waals surface area contributed by atoms with E-state index in [1.807, 2.05) is 0 Å². The second-order valence-electron chi connectivity index (χ2n) is 4.93. The third-order valence-corrected chi connectivity index (χ3v) is 3.59. The number of benzene rings is 1. The highest BCUT2D eigenvalue weighted by Gasteiger charge is 2.26. The van der Waals surface area contributed by atoms with Crippen LogP contribution in [0, 0.1) is 0 Å². The Morgan fingerprint density at radius 3 is 2.38 bits per heavy atom. The van der Waals surface area contributed by atoms with E-state index in [1.165, 1.54) is 11.1 Å². The summed E-state index contributed by atoms with van der Waals surface area (Å²) in [5, 5.41) is 12.7. The van der Waals surface area contributed by atoms with Crippen LogP contribution in [0.2, 0.25) is 0 Å². The summed E-state index contributed by atoms with van der Waals surface area (Å²) in [6.07, 6.45) is 2.20. The summed E-state index contributed by atoms with van der Waals surface area (Å²) < 4.78 is 0. The summed E-state index contributed by atoms with van der Waals surface area (Å²) >= 11 is 0. The second kappa shape index (κ2) is 4.17. The van der Waals surface area contributed by atoms with Crippen LogP contribution in [0.4, 0.5) is 0 Å². The topological polar surface area (TPSA) is 35.5 Å². The highest BCUT2D eigenvalue weighted by molar-refractivity contribution is 5.33. The lowest BCUT2D eigenvalue weighted by Gasteiger charge is -2.36. The van der Waals surface area contributed by atoms with E-state index in [0.717, 1.165) is 32.6 Å². The third-order valence-electron chi connectivity index (χ3n) is 3.59. The second-order valence-corrected chi connectivity index (χ2v) is 4.93. The number of hydrogen-bond donors (Lipinski definition) is 2. The highest BCUT2D eigenvalue weighted by Crippen LogP contribution is 2.21. The minimum atomic E-state index is -0.0948. The van der Waals surface area contributed by atoms with E-state index in [-0.39, 0.29) is 6.10 Å². The standard InChI is InChI=1S/C13H18N2O/c16-13-7-15(8-13)9-14-12-5-10-3-1-2-4-11(10)6-12/h1-4,12-14,16H,5-9H2. The smallest absolute Gasteiger partial charge is 0.0794 e. The van der Waals surface area contributed by atoms with Gasteiger partial charge in [-0.05, 0) is 24.0 Å². The first-order chi connectivity index (χ1) is 7.81. The van der Waals surface area contributed by atoms with Gasteiger partial charge in [-0.3, -0.25) is 4.90 Å². The minimum Gasteiger partial charge on any atom is -0.390 e. The van der Waals surface area contributed by atoms with Crippen LogP contribution in [-0.4, -0.2) is 41.9 Å². The first kappa shape index (κ1) is 10.3. The van der Waals surface area contributed by atoms with Crippen LogP contribution in [0.5, 0.6) is 0 Å². The molecule has 1 aliphatic carbocycles. The molecule has 86 valence electrons. The number of β-amino-alcohol motifs (C(OH)–C–C–N with tert-alkyl or cyclic N) is 1. The molecule has 0 amide bonds. The van der Waals surface area contributed by atoms with Gasteiger partial charge >= 0.3 is 0 Å². The Balaban J connectivity index is 1.49. The van der Waals surface area contributed by atoms with Gasteiger partial charge in [0.25, 0.3) is 0 Å². The van der Waals surface area contributed by atoms with Gasteiger partial charge in [0.2, 0.25) is 0 Å². The molecule has 0 atom stereocenters. The summed E-state index contributed by atoms with van der Waals surface area (Å²) in [6, 6.07) is 9.27. The molecule has 16 heavy (non-hydrogen) atoms. The summed E-state index contributed by atoms with van der Waals surface area (Å²) in [6.45, 7) is 2.56. The van der Waals surface area contributed by atoms with Gasteiger partial charge in [0.15, 0.2) is 0 Å². The van der Waals surface area contributed by atoms with Crippen LogP contribution >= 0.6 is 0 Å². The maximum Gasteiger partial charge on any atom is 0.0794 e. The van der Waals surface area contributed by atoms with E-state index in [2.05, 4.69) is 34.5 Å². The third kappa shape index (κ3) is 1.98. The Morgan fingerprint density at radius 2 is 1.81 bits per heavy atom. The molecule has 2 aliphatic rings. The lowest BCUT2D eigenvalue weighted by molar-refractivity contribution is -0.00404. The predicted molar refractivity (Wildman–Crippen MR) is 63.2 cm³/mol. The normalized spacial score (nSPS) is 22.1. The Hall–Kier alpha value is -0.900. The highest BCUT2D eigenvalue weighted by atomic mass is 16.3. The number of aliphatic hydroxyl groups is 1. The molecule has 0 aromatic heterocycles. The fourth-order valence-electron chi connectivity index (χ4n) is 2.63. The monoisotopic (exact) mass is 218 g/mol. The molecule has 3 heteroatoms. The van der Waals surface area contributed by atoms with Gasteiger partial charge in [-0.15, -0.1) is 0 Å². The van der Waals surface area contributed by atoms with Crippen molar-refractivity contribution in [2.45, 2.75) is 25.0 Å². The predicted octanol–water partition coefficient (Wildman–Crippen LogP) is 0.377. The number of nitrogens with one attached hydrogen (secondary N) is 1. The van der Waals surface area contributed by atoms with Gasteiger partial charge in [0.1, 0.15) is 0 Å². The first-order valence-electron chi connectivity index (χ1n) is 6.02. The Labute approximate surface area is 96.1 Å². The molecule has 0 saturated carbocycles. The molecule has 1 fully saturated rings. The van der Waals surface area contributed by atoms with Gasteiger partial charge < -0.3 is 10.4 Å². The maximum atomic E-state index is 9.18. The average Bonchev–Trinajstić information content (AvgIpc) is 2.65. The van der Waals surface area contributed by atoms with Gasteiger partial charge in [0.05, 0.1) is 6.10 Å². The van der Waals surface area contributed by atoms with Gasteiger partial charge in [-0.1, -0.05) is 24.3 Å². The molecule has 1 heterocycles. The zero-order valence-corrected chi connectivity index (χ0v) is 9.39. The maximum absolute atomic E-state index is 9.18. The van der Waals surface area contributed by atoms with E-state index >= 15 is 0 Å². The Morgan fingerprint density at radius 1 is 1.19 bits per heavy atom. The van der Waals surface area contributed by atoms with Crippen LogP contribution in [0.3, 0.4) is 0 Å². The summed E-state index contributed by atoms with van der Waals surface area (Å²) in [5.41, 5.74) is 2.98. The van der Waals surface area contributed by atoms with Crippen molar-refractivity contribution in [1.29, 1.82) is 0 Å².